The highest BCUT2D eigenvalue weighted by Gasteiger charge is 2.17. The number of thioether (sulfide) groups is 2. The molecule has 1 amide bonds. The fourth-order valence-electron chi connectivity index (χ4n) is 1.66. The molecule has 0 unspecified atom stereocenters. The zero-order chi connectivity index (χ0) is 16.7. The lowest BCUT2D eigenvalue weighted by Gasteiger charge is -2.10. The molecule has 0 saturated heterocycles. The molecule has 1 aromatic carbocycles. The first-order chi connectivity index (χ1) is 11.1. The Kier molecular flexibility index (Phi) is 6.26. The molecule has 0 aliphatic heterocycles. The average molecular weight is 346 g/mol. The third-order valence-electron chi connectivity index (χ3n) is 2.69. The molecule has 2 aromatic rings. The number of hydrogen-bond acceptors (Lipinski definition) is 7. The van der Waals surface area contributed by atoms with Crippen molar-refractivity contribution in [3.8, 4) is 11.9 Å². The molecule has 0 aliphatic rings. The van der Waals surface area contributed by atoms with Crippen LogP contribution < -0.4 is 10.5 Å². The number of carbonyl (C=O) groups excluding carboxylic acids is 1. The molecular weight excluding hydrogens is 332 g/mol. The van der Waals surface area contributed by atoms with Crippen LogP contribution in [0.15, 0.2) is 40.5 Å². The third kappa shape index (κ3) is 4.87. The van der Waals surface area contributed by atoms with Gasteiger partial charge in [0.1, 0.15) is 23.3 Å². The van der Waals surface area contributed by atoms with E-state index in [0.29, 0.717) is 16.8 Å². The predicted octanol–water partition coefficient (Wildman–Crippen LogP) is 2.23. The summed E-state index contributed by atoms with van der Waals surface area (Å²) in [5, 5.41) is 10.2. The molecule has 0 saturated carbocycles. The van der Waals surface area contributed by atoms with Crippen LogP contribution in [0.25, 0.3) is 0 Å². The molecular formula is C15H14N4O2S2. The van der Waals surface area contributed by atoms with Gasteiger partial charge >= 0.3 is 0 Å². The molecule has 2 rings (SSSR count). The number of amides is 1. The van der Waals surface area contributed by atoms with Gasteiger partial charge in [-0.3, -0.25) is 4.79 Å². The zero-order valence-electron chi connectivity index (χ0n) is 12.4. The number of nitrogens with two attached hydrogens (primary N) is 1. The molecule has 0 bridgehead atoms. The summed E-state index contributed by atoms with van der Waals surface area (Å²) < 4.78 is 5.69. The van der Waals surface area contributed by atoms with Crippen LogP contribution >= 0.6 is 23.5 Å². The number of primary amides is 1. The van der Waals surface area contributed by atoms with Crippen molar-refractivity contribution in [2.45, 2.75) is 16.8 Å². The molecule has 1 aromatic heterocycles. The molecule has 0 atom stereocenters. The molecule has 0 spiro atoms. The maximum Gasteiger partial charge on any atom is 0.237 e. The first-order valence-corrected chi connectivity index (χ1v) is 8.79. The van der Waals surface area contributed by atoms with Crippen LogP contribution in [-0.2, 0) is 11.4 Å². The van der Waals surface area contributed by atoms with Gasteiger partial charge in [0.2, 0.25) is 11.8 Å². The zero-order valence-corrected chi connectivity index (χ0v) is 14.0. The Morgan fingerprint density at radius 3 is 2.70 bits per heavy atom. The molecule has 23 heavy (non-hydrogen) atoms. The van der Waals surface area contributed by atoms with Gasteiger partial charge in [-0.2, -0.15) is 10.2 Å². The second-order valence-electron chi connectivity index (χ2n) is 4.34. The normalized spacial score (nSPS) is 10.1. The molecule has 8 heteroatoms. The second-order valence-corrected chi connectivity index (χ2v) is 6.07. The van der Waals surface area contributed by atoms with Crippen molar-refractivity contribution in [3.63, 3.8) is 0 Å². The fourth-order valence-corrected chi connectivity index (χ4v) is 2.79. The Labute approximate surface area is 142 Å². The van der Waals surface area contributed by atoms with Gasteiger partial charge in [-0.15, -0.1) is 0 Å². The summed E-state index contributed by atoms with van der Waals surface area (Å²) in [6.07, 6.45) is 1.82. The predicted molar refractivity (Wildman–Crippen MR) is 89.2 cm³/mol. The number of benzene rings is 1. The van der Waals surface area contributed by atoms with Crippen LogP contribution in [0.4, 0.5) is 0 Å². The quantitative estimate of drug-likeness (QED) is 0.466. The van der Waals surface area contributed by atoms with Gasteiger partial charge in [-0.05, 0) is 11.8 Å². The van der Waals surface area contributed by atoms with Gasteiger partial charge in [0.15, 0.2) is 5.16 Å². The van der Waals surface area contributed by atoms with E-state index < -0.39 is 5.91 Å². The molecule has 2 N–H and O–H groups in total. The summed E-state index contributed by atoms with van der Waals surface area (Å²) in [4.78, 5) is 19.5. The second kappa shape index (κ2) is 8.41. The fraction of sp³-hybridized carbons (Fsp3) is 0.200. The summed E-state index contributed by atoms with van der Waals surface area (Å²) >= 11 is 2.43. The summed E-state index contributed by atoms with van der Waals surface area (Å²) in [6, 6.07) is 11.6. The lowest BCUT2D eigenvalue weighted by atomic mass is 10.2. The number of aromatic nitrogens is 2. The summed E-state index contributed by atoms with van der Waals surface area (Å²) in [5.74, 6) is -0.227. The lowest BCUT2D eigenvalue weighted by molar-refractivity contribution is -0.115. The first-order valence-electron chi connectivity index (χ1n) is 6.58. The number of nitrogens with zero attached hydrogens (tertiary/aromatic N) is 3. The van der Waals surface area contributed by atoms with Gasteiger partial charge < -0.3 is 10.5 Å². The van der Waals surface area contributed by atoms with E-state index in [9.17, 15) is 10.1 Å². The Balaban J connectivity index is 2.27. The van der Waals surface area contributed by atoms with Crippen LogP contribution in [0, 0.1) is 11.3 Å². The van der Waals surface area contributed by atoms with E-state index in [1.54, 1.807) is 0 Å². The number of ether oxygens (including phenoxy) is 1. The molecule has 6 nitrogen and oxygen atoms in total. The minimum Gasteiger partial charge on any atom is -0.472 e. The number of carbonyl (C=O) groups is 1. The Morgan fingerprint density at radius 1 is 1.35 bits per heavy atom. The van der Waals surface area contributed by atoms with Gasteiger partial charge in [-0.25, -0.2) is 4.98 Å². The van der Waals surface area contributed by atoms with E-state index >= 15 is 0 Å². The maximum absolute atomic E-state index is 11.0. The highest BCUT2D eigenvalue weighted by molar-refractivity contribution is 8.00. The van der Waals surface area contributed by atoms with Crippen molar-refractivity contribution >= 4 is 29.4 Å². The minimum absolute atomic E-state index is 0.0393. The van der Waals surface area contributed by atoms with Crippen LogP contribution in [-0.4, -0.2) is 27.9 Å². The highest BCUT2D eigenvalue weighted by Crippen LogP contribution is 2.29. The van der Waals surface area contributed by atoms with Crippen LogP contribution in [0.1, 0.15) is 11.1 Å². The molecule has 0 aliphatic carbocycles. The van der Waals surface area contributed by atoms with E-state index in [1.165, 1.54) is 11.8 Å². The number of rotatable bonds is 7. The Morgan fingerprint density at radius 2 is 2.09 bits per heavy atom. The Bertz CT molecular complexity index is 732. The van der Waals surface area contributed by atoms with Crippen LogP contribution in [0.5, 0.6) is 5.88 Å². The van der Waals surface area contributed by atoms with E-state index in [-0.39, 0.29) is 17.2 Å². The maximum atomic E-state index is 11.0. The largest absolute Gasteiger partial charge is 0.472 e. The van der Waals surface area contributed by atoms with Crippen LogP contribution in [0.3, 0.4) is 0 Å². The van der Waals surface area contributed by atoms with Crippen molar-refractivity contribution in [1.82, 2.24) is 9.97 Å². The SMILES string of the molecule is CSc1nc(OCc2ccccc2)c(C#N)c(SCC(N)=O)n1. The van der Waals surface area contributed by atoms with Crippen LogP contribution in [0.2, 0.25) is 0 Å². The lowest BCUT2D eigenvalue weighted by Crippen LogP contribution is -2.13. The summed E-state index contributed by atoms with van der Waals surface area (Å²) in [7, 11) is 0. The van der Waals surface area contributed by atoms with E-state index in [1.807, 2.05) is 42.7 Å². The van der Waals surface area contributed by atoms with Gasteiger partial charge in [0.05, 0.1) is 5.75 Å². The topological polar surface area (TPSA) is 102 Å². The van der Waals surface area contributed by atoms with Crippen molar-refractivity contribution in [3.05, 3.63) is 41.5 Å². The average Bonchev–Trinajstić information content (AvgIpc) is 2.58. The van der Waals surface area contributed by atoms with Crippen molar-refractivity contribution < 1.29 is 9.53 Å². The van der Waals surface area contributed by atoms with E-state index in [2.05, 4.69) is 9.97 Å². The number of hydrogen-bond donors (Lipinski definition) is 1. The van der Waals surface area contributed by atoms with Crippen molar-refractivity contribution in [2.24, 2.45) is 5.73 Å². The van der Waals surface area contributed by atoms with E-state index in [4.69, 9.17) is 10.5 Å². The minimum atomic E-state index is -0.477. The third-order valence-corrected chi connectivity index (χ3v) is 4.23. The monoisotopic (exact) mass is 346 g/mol. The number of nitriles is 1. The van der Waals surface area contributed by atoms with Crippen molar-refractivity contribution in [2.75, 3.05) is 12.0 Å². The highest BCUT2D eigenvalue weighted by atomic mass is 32.2. The van der Waals surface area contributed by atoms with E-state index in [0.717, 1.165) is 17.3 Å². The summed E-state index contributed by atoms with van der Waals surface area (Å²) in [5.41, 5.74) is 6.33. The summed E-state index contributed by atoms with van der Waals surface area (Å²) in [6.45, 7) is 0.292. The standard InChI is InChI=1S/C15H14N4O2S2/c1-22-15-18-13(21-8-10-5-3-2-4-6-10)11(7-16)14(19-15)23-9-12(17)20/h2-6H,8-9H2,1H3,(H2,17,20). The van der Waals surface area contributed by atoms with Gasteiger partial charge in [-0.1, -0.05) is 53.9 Å². The molecule has 0 fully saturated rings. The first kappa shape index (κ1) is 17.1. The van der Waals surface area contributed by atoms with Crippen molar-refractivity contribution in [1.29, 1.82) is 5.26 Å². The van der Waals surface area contributed by atoms with Gasteiger partial charge in [0, 0.05) is 0 Å². The Hall–Kier alpha value is -2.24. The molecule has 0 radical (unpaired) electrons. The smallest absolute Gasteiger partial charge is 0.237 e. The van der Waals surface area contributed by atoms with Gasteiger partial charge in [0.25, 0.3) is 0 Å². The molecule has 118 valence electrons. The molecule has 1 heterocycles.